The van der Waals surface area contributed by atoms with Crippen LogP contribution in [0.15, 0.2) is 36.5 Å². The number of likely N-dealkylation sites (tertiary alicyclic amines) is 1. The van der Waals surface area contributed by atoms with Gasteiger partial charge in [-0.05, 0) is 37.1 Å². The van der Waals surface area contributed by atoms with Gasteiger partial charge in [0.25, 0.3) is 5.91 Å². The zero-order valence-electron chi connectivity index (χ0n) is 16.8. The Balaban J connectivity index is 1.51. The molecule has 3 aromatic rings. The molecule has 0 N–H and O–H groups in total. The van der Waals surface area contributed by atoms with E-state index in [-0.39, 0.29) is 11.8 Å². The third-order valence-corrected chi connectivity index (χ3v) is 5.40. The number of ether oxygens (including phenoxy) is 3. The van der Waals surface area contributed by atoms with Crippen molar-refractivity contribution in [1.82, 2.24) is 19.5 Å². The van der Waals surface area contributed by atoms with Gasteiger partial charge in [0, 0.05) is 30.8 Å². The first-order valence-corrected chi connectivity index (χ1v) is 9.55. The van der Waals surface area contributed by atoms with Crippen molar-refractivity contribution in [3.8, 4) is 17.2 Å². The van der Waals surface area contributed by atoms with Crippen molar-refractivity contribution in [3.63, 3.8) is 0 Å². The first kappa shape index (κ1) is 19.0. The molecule has 0 saturated carbocycles. The molecule has 0 radical (unpaired) electrons. The van der Waals surface area contributed by atoms with Gasteiger partial charge >= 0.3 is 0 Å². The minimum absolute atomic E-state index is 0.0474. The topological polar surface area (TPSA) is 78.2 Å². The zero-order chi connectivity index (χ0) is 20.4. The van der Waals surface area contributed by atoms with Crippen molar-refractivity contribution in [2.75, 3.05) is 34.4 Å². The number of carbonyl (C=O) groups is 1. The highest BCUT2D eigenvalue weighted by Crippen LogP contribution is 2.39. The molecule has 1 fully saturated rings. The van der Waals surface area contributed by atoms with Gasteiger partial charge in [-0.25, -0.2) is 0 Å². The van der Waals surface area contributed by atoms with Crippen LogP contribution in [-0.2, 0) is 0 Å². The summed E-state index contributed by atoms with van der Waals surface area (Å²) < 4.78 is 18.1. The molecule has 8 nitrogen and oxygen atoms in total. The maximum absolute atomic E-state index is 13.1. The number of hydrogen-bond acceptors (Lipinski definition) is 6. The Labute approximate surface area is 169 Å². The van der Waals surface area contributed by atoms with Crippen LogP contribution in [0.4, 0.5) is 0 Å². The Bertz CT molecular complexity index is 999. The first-order chi connectivity index (χ1) is 14.2. The number of aromatic nitrogens is 3. The second-order valence-electron chi connectivity index (χ2n) is 6.97. The third kappa shape index (κ3) is 3.46. The summed E-state index contributed by atoms with van der Waals surface area (Å²) in [5, 5.41) is 8.62. The van der Waals surface area contributed by atoms with Crippen molar-refractivity contribution >= 4 is 11.6 Å². The number of amides is 1. The lowest BCUT2D eigenvalue weighted by Gasteiger charge is -2.31. The van der Waals surface area contributed by atoms with Crippen molar-refractivity contribution in [1.29, 1.82) is 0 Å². The largest absolute Gasteiger partial charge is 0.493 e. The number of piperidine rings is 1. The van der Waals surface area contributed by atoms with Gasteiger partial charge in [-0.2, -0.15) is 0 Å². The second kappa shape index (κ2) is 7.98. The van der Waals surface area contributed by atoms with Crippen LogP contribution in [0.3, 0.4) is 0 Å². The molecule has 1 aliphatic rings. The summed E-state index contributed by atoms with van der Waals surface area (Å²) in [4.78, 5) is 14.9. The number of nitrogens with zero attached hydrogens (tertiary/aromatic N) is 4. The van der Waals surface area contributed by atoms with E-state index in [0.29, 0.717) is 35.9 Å². The number of carbonyl (C=O) groups excluding carboxylic acids is 1. The monoisotopic (exact) mass is 396 g/mol. The number of methoxy groups -OCH3 is 3. The van der Waals surface area contributed by atoms with Crippen molar-refractivity contribution < 1.29 is 19.0 Å². The van der Waals surface area contributed by atoms with Crippen LogP contribution in [0, 0.1) is 0 Å². The van der Waals surface area contributed by atoms with Crippen LogP contribution in [0.25, 0.3) is 5.65 Å². The Morgan fingerprint density at radius 1 is 1.00 bits per heavy atom. The summed E-state index contributed by atoms with van der Waals surface area (Å²) in [5.41, 5.74) is 1.37. The average molecular weight is 396 g/mol. The number of fused-ring (bicyclic) bond motifs is 1. The summed E-state index contributed by atoms with van der Waals surface area (Å²) in [6, 6.07) is 9.26. The summed E-state index contributed by atoms with van der Waals surface area (Å²) in [6.45, 7) is 1.31. The van der Waals surface area contributed by atoms with Crippen LogP contribution in [0.1, 0.15) is 34.9 Å². The van der Waals surface area contributed by atoms with Gasteiger partial charge in [-0.1, -0.05) is 6.07 Å². The minimum atomic E-state index is -0.0474. The van der Waals surface area contributed by atoms with E-state index in [0.717, 1.165) is 24.3 Å². The summed E-state index contributed by atoms with van der Waals surface area (Å²) in [7, 11) is 4.63. The maximum Gasteiger partial charge on any atom is 0.254 e. The third-order valence-electron chi connectivity index (χ3n) is 5.40. The zero-order valence-corrected chi connectivity index (χ0v) is 16.8. The van der Waals surface area contributed by atoms with Crippen LogP contribution in [0.5, 0.6) is 17.2 Å². The number of pyridine rings is 1. The number of benzene rings is 1. The highest BCUT2D eigenvalue weighted by Gasteiger charge is 2.28. The average Bonchev–Trinajstić information content (AvgIpc) is 3.21. The van der Waals surface area contributed by atoms with Gasteiger partial charge in [-0.3, -0.25) is 9.20 Å². The maximum atomic E-state index is 13.1. The van der Waals surface area contributed by atoms with E-state index in [1.807, 2.05) is 33.7 Å². The first-order valence-electron chi connectivity index (χ1n) is 9.55. The Kier molecular flexibility index (Phi) is 5.24. The highest BCUT2D eigenvalue weighted by molar-refractivity contribution is 5.95. The molecule has 1 aliphatic heterocycles. The SMILES string of the molecule is COc1cc(C(=O)N2CCC(c3nnc4ccccn34)CC2)cc(OC)c1OC. The molecular weight excluding hydrogens is 372 g/mol. The second-order valence-corrected chi connectivity index (χ2v) is 6.97. The van der Waals surface area contributed by atoms with Crippen LogP contribution >= 0.6 is 0 Å². The molecule has 0 aliphatic carbocycles. The molecule has 0 spiro atoms. The molecule has 0 unspecified atom stereocenters. The molecule has 1 saturated heterocycles. The van der Waals surface area contributed by atoms with Gasteiger partial charge in [0.15, 0.2) is 17.1 Å². The Hall–Kier alpha value is -3.29. The van der Waals surface area contributed by atoms with Gasteiger partial charge in [0.05, 0.1) is 21.3 Å². The molecule has 4 rings (SSSR count). The Morgan fingerprint density at radius 3 is 2.31 bits per heavy atom. The normalized spacial score (nSPS) is 14.8. The van der Waals surface area contributed by atoms with Crippen LogP contribution in [0.2, 0.25) is 0 Å². The van der Waals surface area contributed by atoms with Gasteiger partial charge in [0.2, 0.25) is 5.75 Å². The van der Waals surface area contributed by atoms with Crippen LogP contribution in [-0.4, -0.2) is 59.8 Å². The highest BCUT2D eigenvalue weighted by atomic mass is 16.5. The fourth-order valence-electron chi connectivity index (χ4n) is 3.87. The molecule has 8 heteroatoms. The van der Waals surface area contributed by atoms with E-state index < -0.39 is 0 Å². The molecule has 152 valence electrons. The van der Waals surface area contributed by atoms with Crippen molar-refractivity contribution in [2.45, 2.75) is 18.8 Å². The molecular formula is C21H24N4O4. The summed E-state index contributed by atoms with van der Waals surface area (Å²) >= 11 is 0. The minimum Gasteiger partial charge on any atom is -0.493 e. The predicted molar refractivity (Wildman–Crippen MR) is 107 cm³/mol. The fraction of sp³-hybridized carbons (Fsp3) is 0.381. The van der Waals surface area contributed by atoms with Crippen molar-refractivity contribution in [3.05, 3.63) is 47.9 Å². The molecule has 1 amide bonds. The quantitative estimate of drug-likeness (QED) is 0.660. The van der Waals surface area contributed by atoms with Crippen molar-refractivity contribution in [2.24, 2.45) is 0 Å². The molecule has 0 atom stereocenters. The van der Waals surface area contributed by atoms with Gasteiger partial charge in [0.1, 0.15) is 5.82 Å². The standard InChI is InChI=1S/C21H24N4O4/c1-27-16-12-15(13-17(28-2)19(16)29-3)21(26)24-10-7-14(8-11-24)20-23-22-18-6-4-5-9-25(18)20/h4-6,9,12-14H,7-8,10-11H2,1-3H3. The van der Waals surface area contributed by atoms with E-state index in [2.05, 4.69) is 10.2 Å². The summed E-state index contributed by atoms with van der Waals surface area (Å²) in [6.07, 6.45) is 3.66. The van der Waals surface area contributed by atoms with E-state index in [4.69, 9.17) is 14.2 Å². The van der Waals surface area contributed by atoms with Gasteiger partial charge < -0.3 is 19.1 Å². The number of rotatable bonds is 5. The van der Waals surface area contributed by atoms with E-state index in [1.165, 1.54) is 0 Å². The van der Waals surface area contributed by atoms with E-state index in [1.54, 1.807) is 33.5 Å². The van der Waals surface area contributed by atoms with Crippen LogP contribution < -0.4 is 14.2 Å². The predicted octanol–water partition coefficient (Wildman–Crippen LogP) is 2.77. The molecule has 29 heavy (non-hydrogen) atoms. The molecule has 3 heterocycles. The lowest BCUT2D eigenvalue weighted by Crippen LogP contribution is -2.38. The fourth-order valence-corrected chi connectivity index (χ4v) is 3.87. The molecule has 0 bridgehead atoms. The van der Waals surface area contributed by atoms with E-state index in [9.17, 15) is 4.79 Å². The smallest absolute Gasteiger partial charge is 0.254 e. The molecule has 2 aromatic heterocycles. The number of hydrogen-bond donors (Lipinski definition) is 0. The molecule has 1 aromatic carbocycles. The Morgan fingerprint density at radius 2 is 1.69 bits per heavy atom. The summed E-state index contributed by atoms with van der Waals surface area (Å²) in [5.74, 6) is 2.61. The van der Waals surface area contributed by atoms with E-state index >= 15 is 0 Å². The van der Waals surface area contributed by atoms with Gasteiger partial charge in [-0.15, -0.1) is 10.2 Å². The lowest BCUT2D eigenvalue weighted by molar-refractivity contribution is 0.0710. The lowest BCUT2D eigenvalue weighted by atomic mass is 9.95.